The summed E-state index contributed by atoms with van der Waals surface area (Å²) >= 11 is 0. The van der Waals surface area contributed by atoms with Crippen molar-refractivity contribution in [3.63, 3.8) is 0 Å². The molecule has 2 aromatic carbocycles. The Labute approximate surface area is 134 Å². The highest BCUT2D eigenvalue weighted by atomic mass is 16.1. The average molecular weight is 306 g/mol. The Morgan fingerprint density at radius 1 is 1.09 bits per heavy atom. The Morgan fingerprint density at radius 2 is 1.87 bits per heavy atom. The Kier molecular flexibility index (Phi) is 3.85. The standard InChI is InChI=1S/C18H18N4O/c1-11(13-7-8-14(19)15(20)10-13)18(23)22-16-6-2-4-12-5-3-9-21-17(12)16/h2-11H,19-20H2,1H3,(H,22,23). The van der Waals surface area contributed by atoms with E-state index in [0.717, 1.165) is 16.5 Å². The van der Waals surface area contributed by atoms with Gasteiger partial charge in [-0.15, -0.1) is 0 Å². The van der Waals surface area contributed by atoms with Crippen molar-refractivity contribution in [2.45, 2.75) is 12.8 Å². The van der Waals surface area contributed by atoms with Crippen LogP contribution in [0.1, 0.15) is 18.4 Å². The third-order valence-corrected chi connectivity index (χ3v) is 3.89. The van der Waals surface area contributed by atoms with Gasteiger partial charge in [-0.1, -0.05) is 24.3 Å². The summed E-state index contributed by atoms with van der Waals surface area (Å²) in [4.78, 5) is 16.9. The topological polar surface area (TPSA) is 94.0 Å². The van der Waals surface area contributed by atoms with Crippen LogP contribution in [0.25, 0.3) is 10.9 Å². The molecule has 5 N–H and O–H groups in total. The Bertz CT molecular complexity index is 871. The number of amides is 1. The van der Waals surface area contributed by atoms with Crippen LogP contribution in [-0.2, 0) is 4.79 Å². The molecular formula is C18H18N4O. The number of carbonyl (C=O) groups excluding carboxylic acids is 1. The van der Waals surface area contributed by atoms with Crippen LogP contribution in [0.15, 0.2) is 54.7 Å². The fourth-order valence-electron chi connectivity index (χ4n) is 2.46. The second-order valence-electron chi connectivity index (χ2n) is 5.48. The minimum absolute atomic E-state index is 0.118. The summed E-state index contributed by atoms with van der Waals surface area (Å²) in [6.07, 6.45) is 1.71. The number of hydrogen-bond donors (Lipinski definition) is 3. The van der Waals surface area contributed by atoms with Crippen LogP contribution in [-0.4, -0.2) is 10.9 Å². The molecule has 116 valence electrons. The van der Waals surface area contributed by atoms with Gasteiger partial charge in [-0.25, -0.2) is 0 Å². The molecule has 1 heterocycles. The molecule has 0 radical (unpaired) electrons. The second-order valence-corrected chi connectivity index (χ2v) is 5.48. The first-order chi connectivity index (χ1) is 11.1. The monoisotopic (exact) mass is 306 g/mol. The number of pyridine rings is 1. The Morgan fingerprint density at radius 3 is 2.65 bits per heavy atom. The number of nitrogens with zero attached hydrogens (tertiary/aromatic N) is 1. The van der Waals surface area contributed by atoms with Gasteiger partial charge < -0.3 is 16.8 Å². The molecule has 3 rings (SSSR count). The van der Waals surface area contributed by atoms with Crippen molar-refractivity contribution < 1.29 is 4.79 Å². The fraction of sp³-hybridized carbons (Fsp3) is 0.111. The molecule has 0 bridgehead atoms. The minimum atomic E-state index is -0.350. The quantitative estimate of drug-likeness (QED) is 0.648. The summed E-state index contributed by atoms with van der Waals surface area (Å²) in [7, 11) is 0. The van der Waals surface area contributed by atoms with Gasteiger partial charge in [-0.2, -0.15) is 0 Å². The van der Waals surface area contributed by atoms with Gasteiger partial charge in [-0.3, -0.25) is 9.78 Å². The summed E-state index contributed by atoms with van der Waals surface area (Å²) in [5.74, 6) is -0.468. The van der Waals surface area contributed by atoms with E-state index in [1.807, 2.05) is 43.3 Å². The summed E-state index contributed by atoms with van der Waals surface area (Å²) in [5, 5.41) is 3.92. The molecule has 5 nitrogen and oxygen atoms in total. The first-order valence-corrected chi connectivity index (χ1v) is 7.36. The van der Waals surface area contributed by atoms with Gasteiger partial charge in [0.25, 0.3) is 0 Å². The zero-order chi connectivity index (χ0) is 16.4. The molecule has 0 saturated carbocycles. The van der Waals surface area contributed by atoms with Crippen LogP contribution in [0.3, 0.4) is 0 Å². The van der Waals surface area contributed by atoms with Crippen molar-refractivity contribution >= 4 is 33.9 Å². The number of hydrogen-bond acceptors (Lipinski definition) is 4. The van der Waals surface area contributed by atoms with E-state index in [9.17, 15) is 4.79 Å². The SMILES string of the molecule is CC(C(=O)Nc1cccc2cccnc12)c1ccc(N)c(N)c1. The zero-order valence-electron chi connectivity index (χ0n) is 12.8. The van der Waals surface area contributed by atoms with E-state index >= 15 is 0 Å². The van der Waals surface area contributed by atoms with Crippen molar-refractivity contribution in [3.05, 3.63) is 60.3 Å². The lowest BCUT2D eigenvalue weighted by Gasteiger charge is -2.14. The molecule has 1 atom stereocenters. The molecule has 1 amide bonds. The van der Waals surface area contributed by atoms with Crippen LogP contribution in [0.5, 0.6) is 0 Å². The fourth-order valence-corrected chi connectivity index (χ4v) is 2.46. The van der Waals surface area contributed by atoms with Crippen LogP contribution >= 0.6 is 0 Å². The lowest BCUT2D eigenvalue weighted by molar-refractivity contribution is -0.117. The molecule has 1 aromatic heterocycles. The van der Waals surface area contributed by atoms with E-state index in [4.69, 9.17) is 11.5 Å². The highest BCUT2D eigenvalue weighted by Crippen LogP contribution is 2.25. The van der Waals surface area contributed by atoms with Crippen LogP contribution in [0.2, 0.25) is 0 Å². The molecule has 0 fully saturated rings. The highest BCUT2D eigenvalue weighted by molar-refractivity contribution is 6.02. The van der Waals surface area contributed by atoms with Crippen LogP contribution < -0.4 is 16.8 Å². The number of aromatic nitrogens is 1. The third kappa shape index (κ3) is 2.94. The van der Waals surface area contributed by atoms with Crippen molar-refractivity contribution in [2.75, 3.05) is 16.8 Å². The molecule has 5 heteroatoms. The largest absolute Gasteiger partial charge is 0.397 e. The minimum Gasteiger partial charge on any atom is -0.397 e. The summed E-state index contributed by atoms with van der Waals surface area (Å²) in [5.41, 5.74) is 14.8. The molecule has 23 heavy (non-hydrogen) atoms. The molecule has 0 aliphatic heterocycles. The predicted molar refractivity (Wildman–Crippen MR) is 94.1 cm³/mol. The van der Waals surface area contributed by atoms with E-state index in [1.165, 1.54) is 0 Å². The van der Waals surface area contributed by atoms with E-state index in [-0.39, 0.29) is 11.8 Å². The number of nitrogen functional groups attached to an aromatic ring is 2. The molecular weight excluding hydrogens is 288 g/mol. The first-order valence-electron chi connectivity index (χ1n) is 7.36. The van der Waals surface area contributed by atoms with Crippen molar-refractivity contribution in [1.82, 2.24) is 4.98 Å². The van der Waals surface area contributed by atoms with E-state index in [0.29, 0.717) is 17.1 Å². The molecule has 1 unspecified atom stereocenters. The van der Waals surface area contributed by atoms with Crippen LogP contribution in [0.4, 0.5) is 17.1 Å². The number of benzene rings is 2. The molecule has 3 aromatic rings. The number of rotatable bonds is 3. The van der Waals surface area contributed by atoms with Gasteiger partial charge >= 0.3 is 0 Å². The average Bonchev–Trinajstić information content (AvgIpc) is 2.57. The number of carbonyl (C=O) groups is 1. The highest BCUT2D eigenvalue weighted by Gasteiger charge is 2.17. The molecule has 0 spiro atoms. The third-order valence-electron chi connectivity index (χ3n) is 3.89. The summed E-state index contributed by atoms with van der Waals surface area (Å²) in [6, 6.07) is 14.8. The molecule has 0 aliphatic carbocycles. The second kappa shape index (κ2) is 5.96. The van der Waals surface area contributed by atoms with Crippen molar-refractivity contribution in [2.24, 2.45) is 0 Å². The van der Waals surface area contributed by atoms with Gasteiger partial charge in [0.05, 0.1) is 28.5 Å². The lowest BCUT2D eigenvalue weighted by atomic mass is 9.99. The van der Waals surface area contributed by atoms with Gasteiger partial charge in [-0.05, 0) is 36.8 Å². The van der Waals surface area contributed by atoms with E-state index < -0.39 is 0 Å². The maximum absolute atomic E-state index is 12.5. The van der Waals surface area contributed by atoms with Crippen molar-refractivity contribution in [1.29, 1.82) is 0 Å². The number of nitrogens with two attached hydrogens (primary N) is 2. The molecule has 0 aliphatic rings. The number of para-hydroxylation sites is 1. The maximum atomic E-state index is 12.5. The number of anilines is 3. The molecule has 0 saturated heterocycles. The van der Waals surface area contributed by atoms with Crippen molar-refractivity contribution in [3.8, 4) is 0 Å². The van der Waals surface area contributed by atoms with E-state index in [2.05, 4.69) is 10.3 Å². The maximum Gasteiger partial charge on any atom is 0.231 e. The Balaban J connectivity index is 1.86. The first kappa shape index (κ1) is 14.8. The van der Waals surface area contributed by atoms with Gasteiger partial charge in [0, 0.05) is 11.6 Å². The Hall–Kier alpha value is -3.08. The predicted octanol–water partition coefficient (Wildman–Crippen LogP) is 3.14. The smallest absolute Gasteiger partial charge is 0.231 e. The summed E-state index contributed by atoms with van der Waals surface area (Å²) in [6.45, 7) is 1.83. The van der Waals surface area contributed by atoms with Crippen LogP contribution in [0, 0.1) is 0 Å². The van der Waals surface area contributed by atoms with Gasteiger partial charge in [0.1, 0.15) is 0 Å². The summed E-state index contributed by atoms with van der Waals surface area (Å²) < 4.78 is 0. The number of nitrogens with one attached hydrogen (secondary N) is 1. The zero-order valence-corrected chi connectivity index (χ0v) is 12.8. The van der Waals surface area contributed by atoms with E-state index in [1.54, 1.807) is 18.3 Å². The van der Waals surface area contributed by atoms with Gasteiger partial charge in [0.15, 0.2) is 0 Å². The lowest BCUT2D eigenvalue weighted by Crippen LogP contribution is -2.19. The van der Waals surface area contributed by atoms with Gasteiger partial charge in [0.2, 0.25) is 5.91 Å². The normalized spacial score (nSPS) is 12.0. The number of fused-ring (bicyclic) bond motifs is 1.